The fourth-order valence-electron chi connectivity index (χ4n) is 3.51. The molecule has 0 spiro atoms. The maximum absolute atomic E-state index is 9.72. The quantitative estimate of drug-likeness (QED) is 0.809. The molecule has 0 unspecified atom stereocenters. The molecule has 23 heavy (non-hydrogen) atoms. The van der Waals surface area contributed by atoms with E-state index < -0.39 is 12.0 Å². The van der Waals surface area contributed by atoms with Crippen LogP contribution in [0.2, 0.25) is 0 Å². The first-order valence-corrected chi connectivity index (χ1v) is 7.54. The average Bonchev–Trinajstić information content (AvgIpc) is 2.96. The van der Waals surface area contributed by atoms with Gasteiger partial charge in [-0.2, -0.15) is 10.5 Å². The van der Waals surface area contributed by atoms with Gasteiger partial charge in [0.15, 0.2) is 6.04 Å². The zero-order valence-electron chi connectivity index (χ0n) is 12.4. The predicted octanol–water partition coefficient (Wildman–Crippen LogP) is 3.48. The van der Waals surface area contributed by atoms with Gasteiger partial charge in [0, 0.05) is 6.20 Å². The minimum Gasteiger partial charge on any atom is -0.282 e. The van der Waals surface area contributed by atoms with Gasteiger partial charge in [-0.15, -0.1) is 0 Å². The van der Waals surface area contributed by atoms with Crippen LogP contribution in [0.25, 0.3) is 6.08 Å². The SMILES string of the molecule is N#C[C@@H]1[C@H]2c3ccccc3C=CN2N(c2ccccc2)[C@H]1C#N. The maximum atomic E-state index is 9.72. The predicted molar refractivity (Wildman–Crippen MR) is 87.5 cm³/mol. The van der Waals surface area contributed by atoms with Crippen molar-refractivity contribution in [2.75, 3.05) is 5.01 Å². The molecule has 4 heteroatoms. The van der Waals surface area contributed by atoms with E-state index >= 15 is 0 Å². The Balaban J connectivity index is 1.88. The summed E-state index contributed by atoms with van der Waals surface area (Å²) in [5, 5.41) is 23.4. The third kappa shape index (κ3) is 1.89. The highest BCUT2D eigenvalue weighted by atomic mass is 15.7. The molecule has 0 amide bonds. The third-order valence-corrected chi connectivity index (χ3v) is 4.50. The van der Waals surface area contributed by atoms with Crippen LogP contribution in [0.1, 0.15) is 17.2 Å². The Morgan fingerprint density at radius 3 is 2.35 bits per heavy atom. The Kier molecular flexibility index (Phi) is 3.03. The molecular formula is C19H14N4. The van der Waals surface area contributed by atoms with Gasteiger partial charge < -0.3 is 0 Å². The topological polar surface area (TPSA) is 54.1 Å². The van der Waals surface area contributed by atoms with E-state index in [1.54, 1.807) is 0 Å². The van der Waals surface area contributed by atoms with Gasteiger partial charge in [0.1, 0.15) is 5.92 Å². The molecule has 2 aliphatic heterocycles. The summed E-state index contributed by atoms with van der Waals surface area (Å²) >= 11 is 0. The number of para-hydroxylation sites is 1. The van der Waals surface area contributed by atoms with Gasteiger partial charge >= 0.3 is 0 Å². The lowest BCUT2D eigenvalue weighted by molar-refractivity contribution is 0.311. The van der Waals surface area contributed by atoms with Crippen molar-refractivity contribution in [3.8, 4) is 12.1 Å². The van der Waals surface area contributed by atoms with Crippen LogP contribution in [-0.4, -0.2) is 11.1 Å². The van der Waals surface area contributed by atoms with Crippen LogP contribution in [0.4, 0.5) is 5.69 Å². The van der Waals surface area contributed by atoms with Crippen LogP contribution in [-0.2, 0) is 0 Å². The van der Waals surface area contributed by atoms with Crippen molar-refractivity contribution >= 4 is 11.8 Å². The van der Waals surface area contributed by atoms with Gasteiger partial charge in [-0.1, -0.05) is 42.5 Å². The number of hydrazine groups is 1. The molecule has 0 bridgehead atoms. The number of nitriles is 2. The number of rotatable bonds is 1. The van der Waals surface area contributed by atoms with E-state index in [1.807, 2.05) is 76.9 Å². The summed E-state index contributed by atoms with van der Waals surface area (Å²) in [5.74, 6) is -0.411. The second kappa shape index (κ2) is 5.19. The second-order valence-electron chi connectivity index (χ2n) is 5.68. The Morgan fingerprint density at radius 2 is 1.61 bits per heavy atom. The first kappa shape index (κ1) is 13.4. The van der Waals surface area contributed by atoms with E-state index in [0.717, 1.165) is 16.8 Å². The Bertz CT molecular complexity index is 830. The Hall–Kier alpha value is -3.24. The molecule has 0 N–H and O–H groups in total. The average molecular weight is 298 g/mol. The monoisotopic (exact) mass is 298 g/mol. The third-order valence-electron chi connectivity index (χ3n) is 4.50. The number of benzene rings is 2. The van der Waals surface area contributed by atoms with Crippen molar-refractivity contribution in [1.29, 1.82) is 10.5 Å². The van der Waals surface area contributed by atoms with Crippen LogP contribution in [0.3, 0.4) is 0 Å². The largest absolute Gasteiger partial charge is 0.282 e. The summed E-state index contributed by atoms with van der Waals surface area (Å²) < 4.78 is 0. The van der Waals surface area contributed by atoms with Gasteiger partial charge in [-0.05, 0) is 29.3 Å². The standard InChI is InChI=1S/C19H14N4/c20-12-17-18(13-21)23(15-7-2-1-3-8-15)22-11-10-14-6-4-5-9-16(14)19(17)22/h1-11,17-19H/t17-,18-,19+/m0/s1. The van der Waals surface area contributed by atoms with Gasteiger partial charge in [0.2, 0.25) is 0 Å². The molecule has 0 aliphatic carbocycles. The van der Waals surface area contributed by atoms with E-state index in [2.05, 4.69) is 12.1 Å². The summed E-state index contributed by atoms with van der Waals surface area (Å²) in [6.07, 6.45) is 4.01. The molecule has 0 saturated carbocycles. The van der Waals surface area contributed by atoms with Crippen LogP contribution >= 0.6 is 0 Å². The number of hydrogen-bond donors (Lipinski definition) is 0. The lowest BCUT2D eigenvalue weighted by atomic mass is 9.87. The van der Waals surface area contributed by atoms with Crippen molar-refractivity contribution < 1.29 is 0 Å². The molecule has 4 nitrogen and oxygen atoms in total. The summed E-state index contributed by atoms with van der Waals surface area (Å²) in [7, 11) is 0. The number of fused-ring (bicyclic) bond motifs is 3. The molecule has 2 heterocycles. The molecule has 0 aromatic heterocycles. The van der Waals surface area contributed by atoms with Gasteiger partial charge in [-0.25, -0.2) is 0 Å². The van der Waals surface area contributed by atoms with Gasteiger partial charge in [-0.3, -0.25) is 10.0 Å². The molecule has 2 aliphatic rings. The highest BCUT2D eigenvalue weighted by Crippen LogP contribution is 2.46. The second-order valence-corrected chi connectivity index (χ2v) is 5.68. The lowest BCUT2D eigenvalue weighted by Crippen LogP contribution is -2.39. The summed E-state index contributed by atoms with van der Waals surface area (Å²) in [6, 6.07) is 21.9. The molecule has 2 aromatic rings. The number of anilines is 1. The first-order chi connectivity index (χ1) is 11.3. The molecule has 3 atom stereocenters. The van der Waals surface area contributed by atoms with E-state index in [4.69, 9.17) is 0 Å². The van der Waals surface area contributed by atoms with E-state index in [0.29, 0.717) is 0 Å². The lowest BCUT2D eigenvalue weighted by Gasteiger charge is -2.36. The molecule has 2 aromatic carbocycles. The number of hydrogen-bond acceptors (Lipinski definition) is 4. The van der Waals surface area contributed by atoms with E-state index in [-0.39, 0.29) is 6.04 Å². The van der Waals surface area contributed by atoms with Crippen molar-refractivity contribution in [2.45, 2.75) is 12.1 Å². The minimum atomic E-state index is -0.511. The maximum Gasteiger partial charge on any atom is 0.155 e. The zero-order valence-corrected chi connectivity index (χ0v) is 12.4. The normalized spacial score (nSPS) is 24.5. The van der Waals surface area contributed by atoms with Gasteiger partial charge in [0.05, 0.1) is 23.9 Å². The number of nitrogens with zero attached hydrogens (tertiary/aromatic N) is 4. The Morgan fingerprint density at radius 1 is 0.870 bits per heavy atom. The summed E-state index contributed by atoms with van der Waals surface area (Å²) in [4.78, 5) is 0. The Labute approximate surface area is 135 Å². The van der Waals surface area contributed by atoms with E-state index in [1.165, 1.54) is 0 Å². The molecule has 1 saturated heterocycles. The summed E-state index contributed by atoms with van der Waals surface area (Å²) in [6.45, 7) is 0. The smallest absolute Gasteiger partial charge is 0.155 e. The molecule has 0 radical (unpaired) electrons. The fraction of sp³-hybridized carbons (Fsp3) is 0.158. The van der Waals surface area contributed by atoms with Crippen molar-refractivity contribution in [3.63, 3.8) is 0 Å². The van der Waals surface area contributed by atoms with Crippen molar-refractivity contribution in [2.24, 2.45) is 5.92 Å². The van der Waals surface area contributed by atoms with Crippen LogP contribution < -0.4 is 5.01 Å². The highest BCUT2D eigenvalue weighted by molar-refractivity contribution is 5.61. The van der Waals surface area contributed by atoms with Crippen molar-refractivity contribution in [1.82, 2.24) is 5.01 Å². The van der Waals surface area contributed by atoms with Crippen LogP contribution in [0, 0.1) is 28.6 Å². The van der Waals surface area contributed by atoms with E-state index in [9.17, 15) is 10.5 Å². The molecule has 110 valence electrons. The minimum absolute atomic E-state index is 0.133. The molecule has 4 rings (SSSR count). The first-order valence-electron chi connectivity index (χ1n) is 7.54. The zero-order chi connectivity index (χ0) is 15.8. The highest BCUT2D eigenvalue weighted by Gasteiger charge is 2.49. The van der Waals surface area contributed by atoms with Crippen LogP contribution in [0.5, 0.6) is 0 Å². The molecule has 1 fully saturated rings. The summed E-state index contributed by atoms with van der Waals surface area (Å²) in [5.41, 5.74) is 3.13. The van der Waals surface area contributed by atoms with Gasteiger partial charge in [0.25, 0.3) is 0 Å². The van der Waals surface area contributed by atoms with Crippen LogP contribution in [0.15, 0.2) is 60.8 Å². The molecular weight excluding hydrogens is 284 g/mol. The fourth-order valence-corrected chi connectivity index (χ4v) is 3.51. The van der Waals surface area contributed by atoms with Crippen molar-refractivity contribution in [3.05, 3.63) is 71.9 Å².